The van der Waals surface area contributed by atoms with E-state index in [-0.39, 0.29) is 17.9 Å². The smallest absolute Gasteiger partial charge is 0.261 e. The Morgan fingerprint density at radius 3 is 2.60 bits per heavy atom. The number of thiazole rings is 1. The lowest BCUT2D eigenvalue weighted by Crippen LogP contribution is -2.23. The number of para-hydroxylation sites is 1. The van der Waals surface area contributed by atoms with Crippen LogP contribution in [0.1, 0.15) is 11.1 Å². The van der Waals surface area contributed by atoms with Crippen LogP contribution in [0.25, 0.3) is 27.0 Å². The number of aryl methyl sites for hydroxylation is 1. The molecule has 0 radical (unpaired) electrons. The predicted octanol–water partition coefficient (Wildman–Crippen LogP) is 6.21. The van der Waals surface area contributed by atoms with Gasteiger partial charge < -0.3 is 0 Å². The zero-order valence-corrected chi connectivity index (χ0v) is 17.8. The molecule has 0 spiro atoms. The molecule has 0 unspecified atom stereocenters. The van der Waals surface area contributed by atoms with Crippen molar-refractivity contribution in [2.75, 3.05) is 0 Å². The summed E-state index contributed by atoms with van der Waals surface area (Å²) in [7, 11) is 0. The topological polar surface area (TPSA) is 26.4 Å². The number of fused-ring (bicyclic) bond motifs is 3. The van der Waals surface area contributed by atoms with Gasteiger partial charge in [0, 0.05) is 0 Å². The van der Waals surface area contributed by atoms with Crippen molar-refractivity contribution >= 4 is 40.1 Å². The molecule has 0 aliphatic carbocycles. The van der Waals surface area contributed by atoms with Crippen LogP contribution in [0.2, 0.25) is 0 Å². The van der Waals surface area contributed by atoms with Crippen molar-refractivity contribution in [2.24, 2.45) is 0 Å². The zero-order valence-electron chi connectivity index (χ0n) is 16.1. The summed E-state index contributed by atoms with van der Waals surface area (Å²) in [5, 5.41) is 0.589. The van der Waals surface area contributed by atoms with Crippen LogP contribution < -0.4 is 5.56 Å². The van der Waals surface area contributed by atoms with E-state index in [4.69, 9.17) is 12.2 Å². The van der Waals surface area contributed by atoms with E-state index in [1.54, 1.807) is 10.6 Å². The second-order valence-corrected chi connectivity index (χ2v) is 8.91. The van der Waals surface area contributed by atoms with E-state index in [0.717, 1.165) is 32.7 Å². The Morgan fingerprint density at radius 2 is 1.80 bits per heavy atom. The minimum absolute atomic E-state index is 0.114. The molecule has 5 rings (SSSR count). The fourth-order valence-corrected chi connectivity index (χ4v) is 5.28. The van der Waals surface area contributed by atoms with Crippen molar-refractivity contribution in [1.29, 1.82) is 0 Å². The Labute approximate surface area is 181 Å². The molecule has 5 aromatic rings. The molecule has 3 aromatic carbocycles. The second kappa shape index (κ2) is 7.31. The SMILES string of the molecule is Cc1cccc(-c2sc(=S)n3c4ccccc4c(=O)n(Cc4cccc(F)c4)c23)c1. The van der Waals surface area contributed by atoms with Gasteiger partial charge in [-0.3, -0.25) is 13.8 Å². The summed E-state index contributed by atoms with van der Waals surface area (Å²) >= 11 is 7.21. The van der Waals surface area contributed by atoms with E-state index in [0.29, 0.717) is 9.34 Å². The van der Waals surface area contributed by atoms with Crippen molar-refractivity contribution in [2.45, 2.75) is 13.5 Å². The van der Waals surface area contributed by atoms with E-state index >= 15 is 0 Å². The summed E-state index contributed by atoms with van der Waals surface area (Å²) in [6.07, 6.45) is 0. The van der Waals surface area contributed by atoms with Gasteiger partial charge in [0.1, 0.15) is 11.5 Å². The highest BCUT2D eigenvalue weighted by Gasteiger charge is 2.18. The molecule has 30 heavy (non-hydrogen) atoms. The maximum Gasteiger partial charge on any atom is 0.261 e. The van der Waals surface area contributed by atoms with E-state index in [1.165, 1.54) is 23.5 Å². The second-order valence-electron chi connectivity index (χ2n) is 7.26. The number of rotatable bonds is 3. The molecule has 0 N–H and O–H groups in total. The third-order valence-electron chi connectivity index (χ3n) is 5.17. The van der Waals surface area contributed by atoms with Gasteiger partial charge in [0.2, 0.25) is 0 Å². The van der Waals surface area contributed by atoms with Crippen molar-refractivity contribution in [3.05, 3.63) is 104 Å². The Balaban J connectivity index is 1.92. The Bertz CT molecular complexity index is 1540. The van der Waals surface area contributed by atoms with Gasteiger partial charge in [0.15, 0.2) is 3.95 Å². The quantitative estimate of drug-likeness (QED) is 0.317. The first-order valence-corrected chi connectivity index (χ1v) is 10.7. The van der Waals surface area contributed by atoms with E-state index in [1.807, 2.05) is 59.9 Å². The number of halogens is 1. The highest BCUT2D eigenvalue weighted by atomic mass is 32.1. The first kappa shape index (κ1) is 18.9. The molecule has 3 nitrogen and oxygen atoms in total. The normalized spacial score (nSPS) is 11.4. The Hall–Kier alpha value is -3.09. The summed E-state index contributed by atoms with van der Waals surface area (Å²) in [5.41, 5.74) is 4.27. The third kappa shape index (κ3) is 3.09. The Morgan fingerprint density at radius 1 is 1.00 bits per heavy atom. The van der Waals surface area contributed by atoms with Gasteiger partial charge >= 0.3 is 0 Å². The third-order valence-corrected chi connectivity index (χ3v) is 6.59. The lowest BCUT2D eigenvalue weighted by molar-refractivity contribution is 0.623. The lowest BCUT2D eigenvalue weighted by atomic mass is 10.1. The summed E-state index contributed by atoms with van der Waals surface area (Å²) in [4.78, 5) is 14.5. The van der Waals surface area contributed by atoms with Crippen LogP contribution >= 0.6 is 23.6 Å². The lowest BCUT2D eigenvalue weighted by Gasteiger charge is -2.14. The highest BCUT2D eigenvalue weighted by molar-refractivity contribution is 7.73. The fourth-order valence-electron chi connectivity index (χ4n) is 3.85. The van der Waals surface area contributed by atoms with E-state index < -0.39 is 0 Å². The molecule has 0 aliphatic rings. The molecule has 0 bridgehead atoms. The standard InChI is InChI=1S/C24H17FN2OS2/c1-15-6-4-8-17(12-15)21-22-26(14-16-7-5-9-18(25)13-16)23(28)19-10-2-3-11-20(19)27(22)24(29)30-21/h2-13H,14H2,1H3. The van der Waals surface area contributed by atoms with Crippen LogP contribution in [-0.4, -0.2) is 8.97 Å². The Kier molecular flexibility index (Phi) is 4.60. The molecule has 0 fully saturated rings. The minimum atomic E-state index is -0.321. The molecule has 0 aliphatic heterocycles. The highest BCUT2D eigenvalue weighted by Crippen LogP contribution is 2.33. The summed E-state index contributed by atoms with van der Waals surface area (Å²) < 4.78 is 18.2. The minimum Gasteiger partial charge on any atom is -0.288 e. The molecule has 0 saturated carbocycles. The van der Waals surface area contributed by atoms with Gasteiger partial charge in [-0.1, -0.05) is 54.1 Å². The van der Waals surface area contributed by atoms with Crippen LogP contribution in [0.5, 0.6) is 0 Å². The predicted molar refractivity (Wildman–Crippen MR) is 124 cm³/mol. The molecule has 2 aromatic heterocycles. The molecule has 0 atom stereocenters. The van der Waals surface area contributed by atoms with Crippen molar-refractivity contribution in [3.8, 4) is 10.4 Å². The molecule has 6 heteroatoms. The van der Waals surface area contributed by atoms with Crippen molar-refractivity contribution < 1.29 is 4.39 Å². The summed E-state index contributed by atoms with van der Waals surface area (Å²) in [5.74, 6) is -0.321. The van der Waals surface area contributed by atoms with Crippen LogP contribution in [0, 0.1) is 16.7 Å². The van der Waals surface area contributed by atoms with Gasteiger partial charge in [-0.15, -0.1) is 11.3 Å². The maximum absolute atomic E-state index is 13.8. The monoisotopic (exact) mass is 432 g/mol. The van der Waals surface area contributed by atoms with Crippen molar-refractivity contribution in [1.82, 2.24) is 8.97 Å². The van der Waals surface area contributed by atoms with Gasteiger partial charge in [0.05, 0.1) is 22.3 Å². The summed E-state index contributed by atoms with van der Waals surface area (Å²) in [6, 6.07) is 22.0. The van der Waals surface area contributed by atoms with Gasteiger partial charge in [-0.2, -0.15) is 0 Å². The van der Waals surface area contributed by atoms with E-state index in [2.05, 4.69) is 6.07 Å². The number of nitrogens with zero attached hydrogens (tertiary/aromatic N) is 2. The molecular formula is C24H17FN2OS2. The maximum atomic E-state index is 13.8. The van der Waals surface area contributed by atoms with Gasteiger partial charge in [-0.05, 0) is 54.5 Å². The number of hydrogen-bond acceptors (Lipinski definition) is 3. The van der Waals surface area contributed by atoms with Crippen LogP contribution in [-0.2, 0) is 6.54 Å². The largest absolute Gasteiger partial charge is 0.288 e. The van der Waals surface area contributed by atoms with Crippen LogP contribution in [0.15, 0.2) is 77.6 Å². The first-order valence-electron chi connectivity index (χ1n) is 9.51. The summed E-state index contributed by atoms with van der Waals surface area (Å²) in [6.45, 7) is 2.30. The first-order chi connectivity index (χ1) is 14.5. The van der Waals surface area contributed by atoms with Gasteiger partial charge in [0.25, 0.3) is 5.56 Å². The fraction of sp³-hybridized carbons (Fsp3) is 0.0833. The van der Waals surface area contributed by atoms with Crippen molar-refractivity contribution in [3.63, 3.8) is 0 Å². The average Bonchev–Trinajstić information content (AvgIpc) is 3.08. The number of benzene rings is 3. The van der Waals surface area contributed by atoms with Gasteiger partial charge in [-0.25, -0.2) is 4.39 Å². The number of aromatic nitrogens is 2. The molecule has 0 amide bonds. The molecule has 2 heterocycles. The van der Waals surface area contributed by atoms with Crippen LogP contribution in [0.4, 0.5) is 4.39 Å². The molecule has 0 saturated heterocycles. The molecular weight excluding hydrogens is 415 g/mol. The van der Waals surface area contributed by atoms with E-state index in [9.17, 15) is 9.18 Å². The average molecular weight is 433 g/mol. The number of hydrogen-bond donors (Lipinski definition) is 0. The zero-order chi connectivity index (χ0) is 20.8. The van der Waals surface area contributed by atoms with Crippen LogP contribution in [0.3, 0.4) is 0 Å². The molecule has 148 valence electrons.